The number of halogens is 1. The molecule has 0 saturated carbocycles. The third-order valence-corrected chi connectivity index (χ3v) is 4.36. The van der Waals surface area contributed by atoms with Crippen LogP contribution in [0.15, 0.2) is 42.5 Å². The van der Waals surface area contributed by atoms with Gasteiger partial charge >= 0.3 is 0 Å². The Morgan fingerprint density at radius 2 is 2.12 bits per heavy atom. The van der Waals surface area contributed by atoms with Crippen LogP contribution in [0.3, 0.4) is 0 Å². The normalized spacial score (nSPS) is 18.0. The molecular formula is C20H22ClNO3. The van der Waals surface area contributed by atoms with Gasteiger partial charge in [-0.1, -0.05) is 35.4 Å². The zero-order valence-electron chi connectivity index (χ0n) is 14.6. The fourth-order valence-electron chi connectivity index (χ4n) is 3.04. The molecular weight excluding hydrogens is 338 g/mol. The molecule has 1 aliphatic rings. The summed E-state index contributed by atoms with van der Waals surface area (Å²) in [4.78, 5) is 12.4. The molecule has 3 rings (SSSR count). The number of amides is 1. The van der Waals surface area contributed by atoms with Gasteiger partial charge in [0.25, 0.3) is 5.91 Å². The largest absolute Gasteiger partial charge is 0.487 e. The molecule has 1 N–H and O–H groups in total. The molecule has 0 fully saturated rings. The van der Waals surface area contributed by atoms with Crippen LogP contribution in [0.1, 0.15) is 37.4 Å². The van der Waals surface area contributed by atoms with E-state index >= 15 is 0 Å². The summed E-state index contributed by atoms with van der Waals surface area (Å²) >= 11 is 5.92. The Morgan fingerprint density at radius 3 is 2.88 bits per heavy atom. The molecule has 1 heterocycles. The summed E-state index contributed by atoms with van der Waals surface area (Å²) in [6, 6.07) is 12.9. The maximum Gasteiger partial charge on any atom is 0.258 e. The van der Waals surface area contributed by atoms with E-state index in [4.69, 9.17) is 21.1 Å². The Bertz CT molecular complexity index is 788. The zero-order valence-corrected chi connectivity index (χ0v) is 15.4. The number of carbonyl (C=O) groups excluding carboxylic acids is 1. The molecule has 0 aromatic heterocycles. The van der Waals surface area contributed by atoms with Gasteiger partial charge in [0, 0.05) is 17.0 Å². The van der Waals surface area contributed by atoms with Gasteiger partial charge in [-0.25, -0.2) is 0 Å². The topological polar surface area (TPSA) is 47.6 Å². The molecule has 0 bridgehead atoms. The first-order chi connectivity index (χ1) is 11.8. The van der Waals surface area contributed by atoms with Crippen LogP contribution in [0.2, 0.25) is 5.02 Å². The summed E-state index contributed by atoms with van der Waals surface area (Å²) in [5.41, 5.74) is 1.81. The minimum absolute atomic E-state index is 0.0563. The second-order valence-corrected chi connectivity index (χ2v) is 7.41. The maximum atomic E-state index is 12.4. The lowest BCUT2D eigenvalue weighted by molar-refractivity contribution is -0.124. The summed E-state index contributed by atoms with van der Waals surface area (Å²) in [6.07, 6.45) is 0.701. The van der Waals surface area contributed by atoms with Crippen LogP contribution in [0.25, 0.3) is 0 Å². The van der Waals surface area contributed by atoms with Crippen molar-refractivity contribution in [3.63, 3.8) is 0 Å². The van der Waals surface area contributed by atoms with Gasteiger partial charge in [0.1, 0.15) is 17.1 Å². The standard InChI is InChI=1S/C20H22ClNO3/c1-13-7-8-18-16(9-13)17(11-20(2,3)25-18)22-19(23)12-24-15-6-4-5-14(21)10-15/h4-10,17H,11-12H2,1-3H3,(H,22,23)/t17-/m0/s1. The fraction of sp³-hybridized carbons (Fsp3) is 0.350. The van der Waals surface area contributed by atoms with E-state index in [1.807, 2.05) is 32.9 Å². The van der Waals surface area contributed by atoms with Crippen LogP contribution in [-0.2, 0) is 4.79 Å². The smallest absolute Gasteiger partial charge is 0.258 e. The molecule has 132 valence electrons. The molecule has 1 aliphatic heterocycles. The third-order valence-electron chi connectivity index (χ3n) is 4.12. The first-order valence-corrected chi connectivity index (χ1v) is 8.67. The molecule has 4 nitrogen and oxygen atoms in total. The summed E-state index contributed by atoms with van der Waals surface area (Å²) in [5.74, 6) is 1.23. The molecule has 25 heavy (non-hydrogen) atoms. The molecule has 5 heteroatoms. The van der Waals surface area contributed by atoms with Gasteiger partial charge in [0.15, 0.2) is 6.61 Å². The average molecular weight is 360 g/mol. The van der Waals surface area contributed by atoms with Gasteiger partial charge in [0.2, 0.25) is 0 Å². The van der Waals surface area contributed by atoms with Crippen molar-refractivity contribution in [2.24, 2.45) is 0 Å². The van der Waals surface area contributed by atoms with Crippen LogP contribution < -0.4 is 14.8 Å². The van der Waals surface area contributed by atoms with Crippen molar-refractivity contribution >= 4 is 17.5 Å². The third kappa shape index (κ3) is 4.45. The number of nitrogens with one attached hydrogen (secondary N) is 1. The van der Waals surface area contributed by atoms with E-state index in [1.54, 1.807) is 24.3 Å². The Kier molecular flexibility index (Phi) is 4.91. The highest BCUT2D eigenvalue weighted by Gasteiger charge is 2.34. The van der Waals surface area contributed by atoms with E-state index in [2.05, 4.69) is 11.4 Å². The second kappa shape index (κ2) is 6.96. The van der Waals surface area contributed by atoms with Crippen molar-refractivity contribution in [1.82, 2.24) is 5.32 Å². The lowest BCUT2D eigenvalue weighted by Crippen LogP contribution is -2.42. The summed E-state index contributed by atoms with van der Waals surface area (Å²) in [7, 11) is 0. The number of hydrogen-bond acceptors (Lipinski definition) is 3. The van der Waals surface area contributed by atoms with Crippen LogP contribution in [-0.4, -0.2) is 18.1 Å². The highest BCUT2D eigenvalue weighted by molar-refractivity contribution is 6.30. The summed E-state index contributed by atoms with van der Waals surface area (Å²) < 4.78 is 11.6. The number of ether oxygens (including phenoxy) is 2. The SMILES string of the molecule is Cc1ccc2c(c1)[C@@H](NC(=O)COc1cccc(Cl)c1)CC(C)(C)O2. The zero-order chi connectivity index (χ0) is 18.0. The molecule has 0 radical (unpaired) electrons. The van der Waals surface area contributed by atoms with Gasteiger partial charge < -0.3 is 14.8 Å². The number of aryl methyl sites for hydroxylation is 1. The van der Waals surface area contributed by atoms with E-state index in [0.717, 1.165) is 16.9 Å². The van der Waals surface area contributed by atoms with E-state index in [1.165, 1.54) is 0 Å². The van der Waals surface area contributed by atoms with Crippen molar-refractivity contribution in [2.75, 3.05) is 6.61 Å². The Balaban J connectivity index is 1.69. The minimum Gasteiger partial charge on any atom is -0.487 e. The fourth-order valence-corrected chi connectivity index (χ4v) is 3.22. The quantitative estimate of drug-likeness (QED) is 0.877. The van der Waals surface area contributed by atoms with E-state index in [-0.39, 0.29) is 24.2 Å². The van der Waals surface area contributed by atoms with Crippen LogP contribution in [0, 0.1) is 6.92 Å². The van der Waals surface area contributed by atoms with Gasteiger partial charge in [-0.2, -0.15) is 0 Å². The lowest BCUT2D eigenvalue weighted by Gasteiger charge is -2.38. The molecule has 0 unspecified atom stereocenters. The summed E-state index contributed by atoms with van der Waals surface area (Å²) in [5, 5.41) is 3.64. The number of hydrogen-bond donors (Lipinski definition) is 1. The Morgan fingerprint density at radius 1 is 1.32 bits per heavy atom. The van der Waals surface area contributed by atoms with Crippen molar-refractivity contribution < 1.29 is 14.3 Å². The lowest BCUT2D eigenvalue weighted by atomic mass is 9.89. The van der Waals surface area contributed by atoms with E-state index in [0.29, 0.717) is 17.2 Å². The first-order valence-electron chi connectivity index (χ1n) is 8.30. The number of benzene rings is 2. The van der Waals surface area contributed by atoms with Gasteiger partial charge in [-0.15, -0.1) is 0 Å². The molecule has 1 atom stereocenters. The molecule has 0 aliphatic carbocycles. The van der Waals surface area contributed by atoms with Gasteiger partial charge in [0.05, 0.1) is 6.04 Å². The van der Waals surface area contributed by atoms with Crippen molar-refractivity contribution in [2.45, 2.75) is 38.8 Å². The van der Waals surface area contributed by atoms with Crippen LogP contribution >= 0.6 is 11.6 Å². The van der Waals surface area contributed by atoms with Crippen molar-refractivity contribution in [1.29, 1.82) is 0 Å². The van der Waals surface area contributed by atoms with E-state index < -0.39 is 0 Å². The highest BCUT2D eigenvalue weighted by Crippen LogP contribution is 2.39. The molecule has 1 amide bonds. The Hall–Kier alpha value is -2.20. The number of carbonyl (C=O) groups is 1. The molecule has 2 aromatic carbocycles. The maximum absolute atomic E-state index is 12.4. The van der Waals surface area contributed by atoms with Crippen LogP contribution in [0.4, 0.5) is 0 Å². The predicted octanol–water partition coefficient (Wildman–Crippen LogP) is 4.45. The monoisotopic (exact) mass is 359 g/mol. The highest BCUT2D eigenvalue weighted by atomic mass is 35.5. The van der Waals surface area contributed by atoms with Crippen LogP contribution in [0.5, 0.6) is 11.5 Å². The predicted molar refractivity (Wildman–Crippen MR) is 98.3 cm³/mol. The molecule has 0 spiro atoms. The Labute approximate surface area is 153 Å². The number of fused-ring (bicyclic) bond motifs is 1. The minimum atomic E-state index is -0.339. The second-order valence-electron chi connectivity index (χ2n) is 6.97. The first kappa shape index (κ1) is 17.6. The molecule has 0 saturated heterocycles. The van der Waals surface area contributed by atoms with Gasteiger partial charge in [-0.3, -0.25) is 4.79 Å². The number of rotatable bonds is 4. The van der Waals surface area contributed by atoms with Crippen molar-refractivity contribution in [3.05, 3.63) is 58.6 Å². The average Bonchev–Trinajstić information content (AvgIpc) is 2.53. The van der Waals surface area contributed by atoms with Gasteiger partial charge in [-0.05, 0) is 45.0 Å². The summed E-state index contributed by atoms with van der Waals surface area (Å²) in [6.45, 7) is 6.02. The molecule has 2 aromatic rings. The van der Waals surface area contributed by atoms with E-state index in [9.17, 15) is 4.79 Å². The van der Waals surface area contributed by atoms with Crippen molar-refractivity contribution in [3.8, 4) is 11.5 Å².